The highest BCUT2D eigenvalue weighted by Gasteiger charge is 2.39. The molecule has 0 N–H and O–H groups in total. The number of hydrogen-bond donors (Lipinski definition) is 0. The molecule has 9 nitrogen and oxygen atoms in total. The van der Waals surface area contributed by atoms with Crippen LogP contribution in [0, 0.1) is 10.1 Å². The van der Waals surface area contributed by atoms with Gasteiger partial charge in [-0.2, -0.15) is 0 Å². The number of nitro benzene ring substituents is 1. The Hall–Kier alpha value is -2.68. The number of rotatable bonds is 5. The van der Waals surface area contributed by atoms with Crippen molar-refractivity contribution in [3.8, 4) is 0 Å². The summed E-state index contributed by atoms with van der Waals surface area (Å²) in [6.45, 7) is 0. The number of esters is 3. The summed E-state index contributed by atoms with van der Waals surface area (Å²) in [6.07, 6.45) is 0. The summed E-state index contributed by atoms with van der Waals surface area (Å²) in [5.41, 5.74) is -1.34. The van der Waals surface area contributed by atoms with Crippen molar-refractivity contribution < 1.29 is 33.5 Å². The van der Waals surface area contributed by atoms with E-state index >= 15 is 0 Å². The molecule has 10 heteroatoms. The first-order valence-corrected chi connectivity index (χ1v) is 6.38. The second-order valence-electron chi connectivity index (χ2n) is 4.12. The van der Waals surface area contributed by atoms with Crippen molar-refractivity contribution in [2.45, 2.75) is 5.92 Å². The summed E-state index contributed by atoms with van der Waals surface area (Å²) >= 11 is 5.95. The van der Waals surface area contributed by atoms with Gasteiger partial charge >= 0.3 is 17.9 Å². The van der Waals surface area contributed by atoms with E-state index in [0.29, 0.717) is 0 Å². The van der Waals surface area contributed by atoms with Crippen molar-refractivity contribution in [1.82, 2.24) is 0 Å². The Balaban J connectivity index is 3.66. The SMILES string of the molecule is COC(=O)c1cc(Cl)c(C(C(=O)OC)C(=O)OC)c([N+](=O)[O-])c1. The fourth-order valence-electron chi connectivity index (χ4n) is 1.84. The molecule has 1 aromatic carbocycles. The molecule has 0 radical (unpaired) electrons. The fourth-order valence-corrected chi connectivity index (χ4v) is 2.17. The third-order valence-electron chi connectivity index (χ3n) is 2.89. The normalized spacial score (nSPS) is 10.1. The highest BCUT2D eigenvalue weighted by atomic mass is 35.5. The van der Waals surface area contributed by atoms with E-state index in [1.165, 1.54) is 0 Å². The maximum Gasteiger partial charge on any atom is 0.338 e. The Bertz CT molecular complexity index is 656. The Kier molecular flexibility index (Phi) is 6.02. The molecule has 0 spiro atoms. The highest BCUT2D eigenvalue weighted by molar-refractivity contribution is 6.33. The maximum absolute atomic E-state index is 11.8. The number of carbonyl (C=O) groups is 3. The number of carbonyl (C=O) groups excluding carboxylic acids is 3. The van der Waals surface area contributed by atoms with Gasteiger partial charge in [-0.3, -0.25) is 19.7 Å². The largest absolute Gasteiger partial charge is 0.468 e. The van der Waals surface area contributed by atoms with Gasteiger partial charge in [0.15, 0.2) is 5.92 Å². The predicted octanol–water partition coefficient (Wildman–Crippen LogP) is 1.46. The van der Waals surface area contributed by atoms with Gasteiger partial charge in [0.25, 0.3) is 5.69 Å². The molecule has 0 fully saturated rings. The molecule has 1 aromatic rings. The summed E-state index contributed by atoms with van der Waals surface area (Å²) in [4.78, 5) is 45.5. The van der Waals surface area contributed by atoms with Crippen LogP contribution >= 0.6 is 11.6 Å². The molecular weight excluding hydrogens is 334 g/mol. The third-order valence-corrected chi connectivity index (χ3v) is 3.20. The van der Waals surface area contributed by atoms with Crippen LogP contribution in [0.3, 0.4) is 0 Å². The molecule has 0 unspecified atom stereocenters. The molecule has 23 heavy (non-hydrogen) atoms. The van der Waals surface area contributed by atoms with Gasteiger partial charge in [-0.05, 0) is 6.07 Å². The quantitative estimate of drug-likeness (QED) is 0.258. The van der Waals surface area contributed by atoms with Crippen LogP contribution in [-0.4, -0.2) is 44.2 Å². The summed E-state index contributed by atoms with van der Waals surface area (Å²) in [5.74, 6) is -4.81. The molecule has 0 saturated carbocycles. The Morgan fingerprint density at radius 1 is 1.09 bits per heavy atom. The number of ether oxygens (including phenoxy) is 3. The van der Waals surface area contributed by atoms with Crippen molar-refractivity contribution in [3.63, 3.8) is 0 Å². The second-order valence-corrected chi connectivity index (χ2v) is 4.53. The smallest absolute Gasteiger partial charge is 0.338 e. The lowest BCUT2D eigenvalue weighted by Crippen LogP contribution is -2.26. The van der Waals surface area contributed by atoms with E-state index in [0.717, 1.165) is 33.5 Å². The first-order valence-electron chi connectivity index (χ1n) is 6.00. The van der Waals surface area contributed by atoms with E-state index in [1.807, 2.05) is 0 Å². The van der Waals surface area contributed by atoms with Crippen LogP contribution in [0.2, 0.25) is 5.02 Å². The zero-order chi connectivity index (χ0) is 17.7. The topological polar surface area (TPSA) is 122 Å². The Labute approximate surface area is 135 Å². The van der Waals surface area contributed by atoms with Crippen LogP contribution in [0.15, 0.2) is 12.1 Å². The molecule has 0 heterocycles. The van der Waals surface area contributed by atoms with Crippen LogP contribution in [-0.2, 0) is 23.8 Å². The number of benzene rings is 1. The first kappa shape index (κ1) is 18.4. The van der Waals surface area contributed by atoms with Gasteiger partial charge in [-0.25, -0.2) is 4.79 Å². The summed E-state index contributed by atoms with van der Waals surface area (Å²) in [5, 5.41) is 10.9. The van der Waals surface area contributed by atoms with Crippen molar-refractivity contribution in [2.75, 3.05) is 21.3 Å². The molecule has 0 aliphatic heterocycles. The van der Waals surface area contributed by atoms with Crippen LogP contribution in [0.25, 0.3) is 0 Å². The van der Waals surface area contributed by atoms with Gasteiger partial charge < -0.3 is 14.2 Å². The predicted molar refractivity (Wildman–Crippen MR) is 76.2 cm³/mol. The van der Waals surface area contributed by atoms with Gasteiger partial charge in [-0.1, -0.05) is 11.6 Å². The Morgan fingerprint density at radius 2 is 1.61 bits per heavy atom. The molecule has 0 amide bonds. The standard InChI is InChI=1S/C13H12ClNO8/c1-21-11(16)6-4-7(14)9(8(5-6)15(19)20)10(12(17)22-2)13(18)23-3/h4-5,10H,1-3H3. The molecule has 0 aliphatic rings. The number of hydrogen-bond acceptors (Lipinski definition) is 8. The van der Waals surface area contributed by atoms with Gasteiger partial charge in [0, 0.05) is 6.07 Å². The van der Waals surface area contributed by atoms with Crippen molar-refractivity contribution in [3.05, 3.63) is 38.4 Å². The molecule has 0 saturated heterocycles. The molecule has 0 atom stereocenters. The minimum absolute atomic E-state index is 0.207. The zero-order valence-electron chi connectivity index (χ0n) is 12.3. The molecule has 0 aliphatic carbocycles. The lowest BCUT2D eigenvalue weighted by atomic mass is 9.95. The molecular formula is C13H12ClNO8. The zero-order valence-corrected chi connectivity index (χ0v) is 13.1. The van der Waals surface area contributed by atoms with Gasteiger partial charge in [0.2, 0.25) is 0 Å². The number of nitro groups is 1. The summed E-state index contributed by atoms with van der Waals surface area (Å²) in [6, 6.07) is 1.90. The van der Waals surface area contributed by atoms with E-state index < -0.39 is 40.0 Å². The average Bonchev–Trinajstić information content (AvgIpc) is 2.54. The Morgan fingerprint density at radius 3 is 2.00 bits per heavy atom. The third kappa shape index (κ3) is 3.75. The lowest BCUT2D eigenvalue weighted by molar-refractivity contribution is -0.385. The highest BCUT2D eigenvalue weighted by Crippen LogP contribution is 2.36. The lowest BCUT2D eigenvalue weighted by Gasteiger charge is -2.15. The number of nitrogens with zero attached hydrogens (tertiary/aromatic N) is 1. The van der Waals surface area contributed by atoms with Gasteiger partial charge in [-0.15, -0.1) is 0 Å². The number of methoxy groups -OCH3 is 3. The molecule has 0 bridgehead atoms. The van der Waals surface area contributed by atoms with Crippen molar-refractivity contribution >= 4 is 35.2 Å². The van der Waals surface area contributed by atoms with Crippen LogP contribution in [0.5, 0.6) is 0 Å². The molecule has 1 rings (SSSR count). The van der Waals surface area contributed by atoms with E-state index in [4.69, 9.17) is 11.6 Å². The van der Waals surface area contributed by atoms with Crippen LogP contribution in [0.1, 0.15) is 21.8 Å². The van der Waals surface area contributed by atoms with E-state index in [2.05, 4.69) is 14.2 Å². The minimum atomic E-state index is -1.76. The fraction of sp³-hybridized carbons (Fsp3) is 0.308. The number of halogens is 1. The molecule has 124 valence electrons. The summed E-state index contributed by atoms with van der Waals surface area (Å²) < 4.78 is 13.4. The minimum Gasteiger partial charge on any atom is -0.468 e. The van der Waals surface area contributed by atoms with E-state index in [9.17, 15) is 24.5 Å². The summed E-state index contributed by atoms with van der Waals surface area (Å²) in [7, 11) is 3.09. The first-order chi connectivity index (χ1) is 10.8. The van der Waals surface area contributed by atoms with Gasteiger partial charge in [0.1, 0.15) is 0 Å². The average molecular weight is 346 g/mol. The van der Waals surface area contributed by atoms with Crippen molar-refractivity contribution in [1.29, 1.82) is 0 Å². The van der Waals surface area contributed by atoms with Crippen LogP contribution < -0.4 is 0 Å². The van der Waals surface area contributed by atoms with E-state index in [-0.39, 0.29) is 10.6 Å². The van der Waals surface area contributed by atoms with Gasteiger partial charge in [0.05, 0.1) is 42.4 Å². The van der Waals surface area contributed by atoms with Crippen molar-refractivity contribution in [2.24, 2.45) is 0 Å². The van der Waals surface area contributed by atoms with Crippen LogP contribution in [0.4, 0.5) is 5.69 Å². The maximum atomic E-state index is 11.8. The monoisotopic (exact) mass is 345 g/mol. The second kappa shape index (κ2) is 7.54. The molecule has 0 aromatic heterocycles. The van der Waals surface area contributed by atoms with E-state index in [1.54, 1.807) is 0 Å².